The van der Waals surface area contributed by atoms with E-state index in [1.54, 1.807) is 0 Å². The third-order valence-electron chi connectivity index (χ3n) is 3.11. The Labute approximate surface area is 122 Å². The highest BCUT2D eigenvalue weighted by atomic mass is 35.5. The Morgan fingerprint density at radius 3 is 1.42 bits per heavy atom. The molecule has 0 aromatic heterocycles. The quantitative estimate of drug-likeness (QED) is 0.644. The first kappa shape index (κ1) is 15.8. The van der Waals surface area contributed by atoms with Crippen molar-refractivity contribution in [2.45, 2.75) is 39.5 Å². The van der Waals surface area contributed by atoms with Crippen LogP contribution in [0.2, 0.25) is 0 Å². The van der Waals surface area contributed by atoms with Gasteiger partial charge < -0.3 is 0 Å². The van der Waals surface area contributed by atoms with E-state index in [1.807, 2.05) is 0 Å². The molecule has 1 heteroatoms. The van der Waals surface area contributed by atoms with Crippen molar-refractivity contribution in [3.05, 3.63) is 70.8 Å². The molecule has 19 heavy (non-hydrogen) atoms. The summed E-state index contributed by atoms with van der Waals surface area (Å²) < 4.78 is 0. The first-order chi connectivity index (χ1) is 9.19. The minimum absolute atomic E-state index is 0.615. The van der Waals surface area contributed by atoms with E-state index < -0.39 is 0 Å². The van der Waals surface area contributed by atoms with Crippen molar-refractivity contribution in [2.75, 3.05) is 0 Å². The fourth-order valence-corrected chi connectivity index (χ4v) is 1.87. The van der Waals surface area contributed by atoms with Crippen LogP contribution in [0.25, 0.3) is 0 Å². The predicted molar refractivity (Wildman–Crippen MR) is 85.9 cm³/mol. The molecule has 0 bridgehead atoms. The van der Waals surface area contributed by atoms with E-state index in [-0.39, 0.29) is 0 Å². The van der Waals surface area contributed by atoms with E-state index in [4.69, 9.17) is 11.6 Å². The monoisotopic (exact) mass is 274 g/mol. The van der Waals surface area contributed by atoms with Gasteiger partial charge in [-0.15, -0.1) is 11.6 Å². The van der Waals surface area contributed by atoms with Crippen LogP contribution in [0.1, 0.15) is 36.1 Å². The number of benzene rings is 2. The maximum atomic E-state index is 5.62. The Morgan fingerprint density at radius 2 is 1.05 bits per heavy atom. The van der Waals surface area contributed by atoms with Crippen LogP contribution in [-0.4, -0.2) is 0 Å². The Hall–Kier alpha value is -1.27. The summed E-state index contributed by atoms with van der Waals surface area (Å²) >= 11 is 5.62. The Kier molecular flexibility index (Phi) is 7.28. The maximum Gasteiger partial charge on any atom is 0.0474 e. The van der Waals surface area contributed by atoms with Gasteiger partial charge in [-0.1, -0.05) is 67.9 Å². The molecule has 102 valence electrons. The summed E-state index contributed by atoms with van der Waals surface area (Å²) in [7, 11) is 0. The molecule has 0 radical (unpaired) electrons. The van der Waals surface area contributed by atoms with E-state index in [0.717, 1.165) is 12.8 Å². The summed E-state index contributed by atoms with van der Waals surface area (Å²) in [6, 6.07) is 17.1. The molecule has 0 N–H and O–H groups in total. The van der Waals surface area contributed by atoms with Crippen LogP contribution in [0.3, 0.4) is 0 Å². The summed E-state index contributed by atoms with van der Waals surface area (Å²) in [6.45, 7) is 6.43. The van der Waals surface area contributed by atoms with Gasteiger partial charge in [0, 0.05) is 5.88 Å². The van der Waals surface area contributed by atoms with Crippen LogP contribution in [0.5, 0.6) is 0 Å². The normalized spacial score (nSPS) is 9.68. The molecular formula is C18H23Cl. The van der Waals surface area contributed by atoms with Crippen LogP contribution >= 0.6 is 11.6 Å². The van der Waals surface area contributed by atoms with Crippen LogP contribution in [0.4, 0.5) is 0 Å². The van der Waals surface area contributed by atoms with Crippen molar-refractivity contribution in [2.24, 2.45) is 0 Å². The van der Waals surface area contributed by atoms with Gasteiger partial charge in [0.1, 0.15) is 0 Å². The van der Waals surface area contributed by atoms with Crippen molar-refractivity contribution < 1.29 is 0 Å². The molecule has 0 aliphatic carbocycles. The van der Waals surface area contributed by atoms with Crippen LogP contribution < -0.4 is 0 Å². The highest BCUT2D eigenvalue weighted by Crippen LogP contribution is 2.06. The van der Waals surface area contributed by atoms with Crippen molar-refractivity contribution in [1.82, 2.24) is 0 Å². The summed E-state index contributed by atoms with van der Waals surface area (Å²) in [6.07, 6.45) is 2.24. The van der Waals surface area contributed by atoms with Gasteiger partial charge in [0.25, 0.3) is 0 Å². The van der Waals surface area contributed by atoms with Crippen molar-refractivity contribution in [1.29, 1.82) is 0 Å². The maximum absolute atomic E-state index is 5.62. The van der Waals surface area contributed by atoms with Gasteiger partial charge in [-0.25, -0.2) is 0 Å². The number of rotatable bonds is 3. The third-order valence-corrected chi connectivity index (χ3v) is 3.42. The van der Waals surface area contributed by atoms with Crippen LogP contribution in [0, 0.1) is 6.92 Å². The molecule has 0 aliphatic heterocycles. The standard InChI is InChI=1S/C9H11Cl.C9H12/c1-2-8-3-5-9(7-10)6-4-8;1-3-9-6-4-8(2)5-7-9/h3-6H,2,7H2,1H3;4-7H,3H2,1-2H3. The van der Waals surface area contributed by atoms with E-state index in [0.29, 0.717) is 5.88 Å². The van der Waals surface area contributed by atoms with Gasteiger partial charge in [0.05, 0.1) is 0 Å². The molecule has 0 spiro atoms. The molecule has 0 saturated heterocycles. The number of aryl methyl sites for hydroxylation is 3. The molecule has 0 aliphatic rings. The topological polar surface area (TPSA) is 0 Å². The fraction of sp³-hybridized carbons (Fsp3) is 0.333. The molecular weight excluding hydrogens is 252 g/mol. The van der Waals surface area contributed by atoms with Crippen molar-refractivity contribution in [3.63, 3.8) is 0 Å². The molecule has 0 unspecified atom stereocenters. The van der Waals surface area contributed by atoms with Crippen LogP contribution in [0.15, 0.2) is 48.5 Å². The molecule has 0 fully saturated rings. The van der Waals surface area contributed by atoms with E-state index in [2.05, 4.69) is 69.3 Å². The average Bonchev–Trinajstić information content (AvgIpc) is 2.49. The largest absolute Gasteiger partial charge is 0.122 e. The number of halogens is 1. The Bertz CT molecular complexity index is 431. The first-order valence-corrected chi connectivity index (χ1v) is 7.42. The first-order valence-electron chi connectivity index (χ1n) is 6.88. The van der Waals surface area contributed by atoms with Gasteiger partial charge >= 0.3 is 0 Å². The number of hydrogen-bond acceptors (Lipinski definition) is 0. The molecule has 0 nitrogen and oxygen atoms in total. The van der Waals surface area contributed by atoms with E-state index in [9.17, 15) is 0 Å². The lowest BCUT2D eigenvalue weighted by Gasteiger charge is -1.96. The summed E-state index contributed by atoms with van der Waals surface area (Å²) in [5.41, 5.74) is 5.32. The van der Waals surface area contributed by atoms with Gasteiger partial charge in [-0.3, -0.25) is 0 Å². The van der Waals surface area contributed by atoms with E-state index in [1.165, 1.54) is 22.3 Å². The second kappa shape index (κ2) is 8.77. The SMILES string of the molecule is CCc1ccc(C)cc1.CCc1ccc(CCl)cc1. The molecule has 2 aromatic rings. The second-order valence-corrected chi connectivity index (χ2v) is 4.91. The van der Waals surface area contributed by atoms with E-state index >= 15 is 0 Å². The predicted octanol–water partition coefficient (Wildman–Crippen LogP) is 5.55. The molecule has 2 aromatic carbocycles. The molecule has 0 atom stereocenters. The van der Waals surface area contributed by atoms with Gasteiger partial charge in [0.2, 0.25) is 0 Å². The molecule has 0 heterocycles. The third kappa shape index (κ3) is 5.94. The smallest absolute Gasteiger partial charge is 0.0474 e. The number of hydrogen-bond donors (Lipinski definition) is 0. The Balaban J connectivity index is 0.000000191. The zero-order valence-corrected chi connectivity index (χ0v) is 12.9. The molecule has 2 rings (SSSR count). The molecule has 0 amide bonds. The summed E-state index contributed by atoms with van der Waals surface area (Å²) in [5.74, 6) is 0.615. The Morgan fingerprint density at radius 1 is 0.684 bits per heavy atom. The summed E-state index contributed by atoms with van der Waals surface area (Å²) in [5, 5.41) is 0. The lowest BCUT2D eigenvalue weighted by molar-refractivity contribution is 1.13. The highest BCUT2D eigenvalue weighted by molar-refractivity contribution is 6.17. The van der Waals surface area contributed by atoms with Gasteiger partial charge in [-0.05, 0) is 36.5 Å². The van der Waals surface area contributed by atoms with Gasteiger partial charge in [-0.2, -0.15) is 0 Å². The minimum atomic E-state index is 0.615. The van der Waals surface area contributed by atoms with Crippen molar-refractivity contribution in [3.8, 4) is 0 Å². The molecule has 0 saturated carbocycles. The zero-order chi connectivity index (χ0) is 14.1. The zero-order valence-electron chi connectivity index (χ0n) is 12.1. The van der Waals surface area contributed by atoms with Crippen molar-refractivity contribution >= 4 is 11.6 Å². The van der Waals surface area contributed by atoms with Gasteiger partial charge in [0.15, 0.2) is 0 Å². The lowest BCUT2D eigenvalue weighted by atomic mass is 10.1. The number of alkyl halides is 1. The fourth-order valence-electron chi connectivity index (χ4n) is 1.69. The average molecular weight is 275 g/mol. The summed E-state index contributed by atoms with van der Waals surface area (Å²) in [4.78, 5) is 0. The van der Waals surface area contributed by atoms with Crippen LogP contribution in [-0.2, 0) is 18.7 Å². The lowest BCUT2D eigenvalue weighted by Crippen LogP contribution is -1.80. The minimum Gasteiger partial charge on any atom is -0.122 e. The second-order valence-electron chi connectivity index (χ2n) is 4.64. The highest BCUT2D eigenvalue weighted by Gasteiger charge is 1.89.